The number of primary amides is 1. The molecule has 129 heavy (non-hydrogen) atoms. The molecule has 2 heterocycles. The molecule has 1 saturated heterocycles. The summed E-state index contributed by atoms with van der Waals surface area (Å²) in [6, 6.07) is 12.3. The highest BCUT2D eigenvalue weighted by Crippen LogP contribution is 2.33. The number of thioether (sulfide) groups is 1. The van der Waals surface area contributed by atoms with Crippen LogP contribution in [0.4, 0.5) is 16.2 Å². The van der Waals surface area contributed by atoms with E-state index in [0.717, 1.165) is 34.2 Å². The van der Waals surface area contributed by atoms with Gasteiger partial charge in [0.05, 0.1) is 70.6 Å². The van der Waals surface area contributed by atoms with Crippen molar-refractivity contribution >= 4 is 132 Å². The number of nitrogens with two attached hydrogens (primary N) is 2. The van der Waals surface area contributed by atoms with Crippen LogP contribution in [0, 0.1) is 6.92 Å². The Bertz CT molecular complexity index is 4170. The van der Waals surface area contributed by atoms with Gasteiger partial charge in [0.25, 0.3) is 0 Å². The molecule has 1 saturated carbocycles. The van der Waals surface area contributed by atoms with Crippen molar-refractivity contribution in [1.82, 2.24) is 68.4 Å². The summed E-state index contributed by atoms with van der Waals surface area (Å²) in [7, 11) is -3.41. The minimum atomic E-state index is -3.41. The van der Waals surface area contributed by atoms with Crippen LogP contribution in [-0.4, -0.2) is 271 Å². The van der Waals surface area contributed by atoms with Crippen LogP contribution in [-0.2, 0) is 106 Å². The Morgan fingerprint density at radius 2 is 1.16 bits per heavy atom. The minimum absolute atomic E-state index is 0.0183. The fourth-order valence-corrected chi connectivity index (χ4v) is 15.1. The lowest BCUT2D eigenvalue weighted by Gasteiger charge is -2.38. The molecule has 0 spiro atoms. The van der Waals surface area contributed by atoms with Crippen molar-refractivity contribution in [2.45, 2.75) is 209 Å². The largest absolute Gasteiger partial charge is 0.481 e. The molecule has 2 fully saturated rings. The molecule has 3 aromatic rings. The lowest BCUT2D eigenvalue weighted by atomic mass is 9.80. The molecule has 16 amide bonds. The summed E-state index contributed by atoms with van der Waals surface area (Å²) in [5, 5.41) is 54.5. The molecule has 7 atom stereocenters. The average molecular weight is 1850 g/mol. The zero-order valence-corrected chi connectivity index (χ0v) is 75.1. The summed E-state index contributed by atoms with van der Waals surface area (Å²) in [5.41, 5.74) is 13.4. The molecule has 42 nitrogen and oxygen atoms in total. The molecular weight excluding hydrogens is 1720 g/mol. The van der Waals surface area contributed by atoms with E-state index < -0.39 is 133 Å². The van der Waals surface area contributed by atoms with Gasteiger partial charge in [0.2, 0.25) is 82.7 Å². The molecule has 0 bridgehead atoms. The number of hydrogen-bond donors (Lipinski definition) is 18. The van der Waals surface area contributed by atoms with E-state index in [2.05, 4.69) is 74.1 Å². The van der Waals surface area contributed by atoms with Gasteiger partial charge >= 0.3 is 20.3 Å². The molecule has 5 rings (SSSR count). The maximum Gasteiger partial charge on any atom is 0.323 e. The van der Waals surface area contributed by atoms with E-state index in [-0.39, 0.29) is 225 Å². The molecule has 2 aliphatic rings. The van der Waals surface area contributed by atoms with Crippen LogP contribution in [0.15, 0.2) is 79.1 Å². The molecule has 0 radical (unpaired) electrons. The fraction of sp³-hybridized carbons (Fsp3) is 0.588. The number of carboxylic acids is 1. The quantitative estimate of drug-likeness (QED) is 0.0123. The molecule has 20 N–H and O–H groups in total. The van der Waals surface area contributed by atoms with Gasteiger partial charge in [-0.25, -0.2) is 4.79 Å². The third-order valence-electron chi connectivity index (χ3n) is 20.3. The standard InChI is InChI=1S/C85H128N17O25PS/c1-3-33-85(120,127-128(121)122)36-15-40-90-74(109)56-102-75(110)54-67(81(102)117)129-57-62(86)78(114)94-39-12-7-19-64(77(87)113)97-72(107)32-31-71(106)93-43-47-124-50-49-123-45-41-91-69(104)29-30-70(105)92-42-46-125-51-52-126-48-44-95-82(118)84(34-9-4-10-35-84)101-80(116)66(21-13-22-76(111)112)99-79(115)65(20-8-11-38-89-68(103)28-25-60-17-14-37-88-55-60)98-73(108)53-59-23-26-61(27-24-59)96-83(119)100-63-18-6-5-16-58(63)2/h5-6,14,16-18,23-28,37,55,62,64-67,120,128H,3-4,7-13,15,19-22,29-36,38-54,56-57,86H2,1-2H3,(H2,87,113)(H,89,103)(H,90,109)(H,91,104)(H,92,105)(H,93,106)(H,94,114)(H,95,118)(H,97,107)(H,98,108)(H,99,115)(H,101,116)(H,111,112)(H,121,122)(H2,96,100,119)/b28-25+/t62-,64+,65+,66+,67?,85?/m1/s1. The number of aryl methyl sites for hydroxylation is 1. The summed E-state index contributed by atoms with van der Waals surface area (Å²) < 4.78 is 38.1. The van der Waals surface area contributed by atoms with Gasteiger partial charge < -0.3 is 115 Å². The summed E-state index contributed by atoms with van der Waals surface area (Å²) in [6.45, 7) is 5.15. The first-order chi connectivity index (χ1) is 61.9. The SMILES string of the molecule is CCCC(O)(CCCNC(=O)CN1C(=O)CC(SC[C@@H](N)C(=O)NCCCC[C@H](NC(=O)CCC(=O)NCCOCCOCCNC(=O)CCC(=O)NCCOCCOCCNC(=O)C2(NC(=O)[C@H](CCCC(=O)O)NC(=O)[C@H](CCCCNC(=O)/C=C/c3cccnc3)NC(=O)Cc3ccc(NC(=O)Nc4ccccc4C)cc3)CCCCC2)C(N)=O)C1=O)O[PH](=O)O. The number of anilines is 2. The van der Waals surface area contributed by atoms with Crippen molar-refractivity contribution in [1.29, 1.82) is 0 Å². The molecule has 1 aromatic heterocycles. The summed E-state index contributed by atoms with van der Waals surface area (Å²) in [4.78, 5) is 220. The summed E-state index contributed by atoms with van der Waals surface area (Å²) >= 11 is 0.995. The number of aromatic nitrogens is 1. The third kappa shape index (κ3) is 45.8. The Kier molecular flexibility index (Phi) is 51.9. The Balaban J connectivity index is 0.883. The van der Waals surface area contributed by atoms with Crippen LogP contribution in [0.5, 0.6) is 0 Å². The number of aliphatic hydroxyl groups is 1. The number of aliphatic carboxylic acids is 1. The number of nitrogens with one attached hydrogen (secondary N) is 13. The predicted molar refractivity (Wildman–Crippen MR) is 475 cm³/mol. The topological polar surface area (TPSA) is 622 Å². The first-order valence-corrected chi connectivity index (χ1v) is 45.8. The van der Waals surface area contributed by atoms with Crippen LogP contribution >= 0.6 is 20.0 Å². The Morgan fingerprint density at radius 1 is 0.605 bits per heavy atom. The molecule has 1 aliphatic heterocycles. The highest BCUT2D eigenvalue weighted by molar-refractivity contribution is 8.00. The molecule has 44 heteroatoms. The number of carbonyl (C=O) groups is 16. The number of carboxylic acid groups (broad SMARTS) is 1. The number of rotatable bonds is 66. The van der Waals surface area contributed by atoms with Crippen LogP contribution < -0.4 is 80.6 Å². The number of likely N-dealkylation sites (tertiary alicyclic amines) is 1. The first-order valence-electron chi connectivity index (χ1n) is 43.5. The number of unbranched alkanes of at least 4 members (excludes halogenated alkanes) is 2. The van der Waals surface area contributed by atoms with Gasteiger partial charge in [-0.05, 0) is 125 Å². The lowest BCUT2D eigenvalue weighted by molar-refractivity contribution is -0.150. The number of para-hydroxylation sites is 1. The van der Waals surface area contributed by atoms with Crippen molar-refractivity contribution in [3.63, 3.8) is 0 Å². The van der Waals surface area contributed by atoms with Crippen molar-refractivity contribution in [3.8, 4) is 0 Å². The van der Waals surface area contributed by atoms with E-state index in [1.165, 1.54) is 6.08 Å². The Hall–Kier alpha value is -10.9. The second kappa shape index (κ2) is 61.6. The van der Waals surface area contributed by atoms with Gasteiger partial charge in [0, 0.05) is 133 Å². The summed E-state index contributed by atoms with van der Waals surface area (Å²) in [5.74, 6) is -10.7. The Morgan fingerprint density at radius 3 is 1.74 bits per heavy atom. The molecule has 714 valence electrons. The van der Waals surface area contributed by atoms with Crippen LogP contribution in [0.3, 0.4) is 0 Å². The number of pyridine rings is 1. The monoisotopic (exact) mass is 1850 g/mol. The minimum Gasteiger partial charge on any atom is -0.481 e. The second-order valence-corrected chi connectivity index (χ2v) is 32.8. The number of imide groups is 1. The van der Waals surface area contributed by atoms with Gasteiger partial charge in [0.15, 0.2) is 5.79 Å². The van der Waals surface area contributed by atoms with E-state index in [4.69, 9.17) is 39.8 Å². The van der Waals surface area contributed by atoms with Gasteiger partial charge in [0.1, 0.15) is 30.2 Å². The zero-order chi connectivity index (χ0) is 94.2. The van der Waals surface area contributed by atoms with E-state index >= 15 is 0 Å². The normalized spacial score (nSPS) is 15.1. The van der Waals surface area contributed by atoms with Gasteiger partial charge in [-0.3, -0.25) is 90.9 Å². The highest BCUT2D eigenvalue weighted by atomic mass is 32.2. The smallest absolute Gasteiger partial charge is 0.323 e. The molecular formula is C85H128N17O25PS. The predicted octanol–water partition coefficient (Wildman–Crippen LogP) is 0.940. The van der Waals surface area contributed by atoms with E-state index in [1.807, 2.05) is 19.1 Å². The molecule has 1 aliphatic carbocycles. The third-order valence-corrected chi connectivity index (χ3v) is 22.2. The summed E-state index contributed by atoms with van der Waals surface area (Å²) in [6.07, 6.45) is 9.71. The number of carbonyl (C=O) groups excluding carboxylic acids is 15. The maximum atomic E-state index is 14.4. The van der Waals surface area contributed by atoms with E-state index in [1.54, 1.807) is 73.9 Å². The number of amides is 16. The average Bonchev–Trinajstić information content (AvgIpc) is 1.47. The fourth-order valence-electron chi connectivity index (χ4n) is 13.4. The lowest BCUT2D eigenvalue weighted by Crippen LogP contribution is -2.63. The number of urea groups is 1. The molecule has 2 aromatic carbocycles. The van der Waals surface area contributed by atoms with Crippen LogP contribution in [0.25, 0.3) is 6.08 Å². The van der Waals surface area contributed by atoms with Crippen LogP contribution in [0.2, 0.25) is 0 Å². The first kappa shape index (κ1) is 109. The van der Waals surface area contributed by atoms with Crippen molar-refractivity contribution in [3.05, 3.63) is 95.8 Å². The number of benzene rings is 2. The van der Waals surface area contributed by atoms with E-state index in [9.17, 15) is 91.5 Å². The van der Waals surface area contributed by atoms with Crippen molar-refractivity contribution in [2.75, 3.05) is 122 Å². The number of nitrogens with zero attached hydrogens (tertiary/aromatic N) is 2. The van der Waals surface area contributed by atoms with E-state index in [0.29, 0.717) is 61.9 Å². The zero-order valence-electron chi connectivity index (χ0n) is 73.2. The number of ether oxygens (including phenoxy) is 4. The molecule has 3 unspecified atom stereocenters. The highest BCUT2D eigenvalue weighted by Gasteiger charge is 2.43. The van der Waals surface area contributed by atoms with Gasteiger partial charge in [-0.1, -0.05) is 69.0 Å². The van der Waals surface area contributed by atoms with Crippen molar-refractivity contribution in [2.24, 2.45) is 11.5 Å². The Labute approximate surface area is 754 Å². The van der Waals surface area contributed by atoms with Gasteiger partial charge in [-0.2, -0.15) is 0 Å². The van der Waals surface area contributed by atoms with Crippen molar-refractivity contribution < 1.29 is 120 Å². The van der Waals surface area contributed by atoms with Crippen LogP contribution in [0.1, 0.15) is 171 Å². The number of hydrogen-bond acceptors (Lipinski definition) is 26. The van der Waals surface area contributed by atoms with Gasteiger partial charge in [-0.15, -0.1) is 11.8 Å². The second-order valence-electron chi connectivity index (χ2n) is 30.8. The maximum absolute atomic E-state index is 14.4.